The highest BCUT2D eigenvalue weighted by molar-refractivity contribution is 5.97. The summed E-state index contributed by atoms with van der Waals surface area (Å²) in [5, 5.41) is 2.84. The van der Waals surface area contributed by atoms with Crippen molar-refractivity contribution in [1.29, 1.82) is 0 Å². The summed E-state index contributed by atoms with van der Waals surface area (Å²) in [5.41, 5.74) is 2.69. The van der Waals surface area contributed by atoms with Gasteiger partial charge in [-0.15, -0.1) is 6.42 Å². The van der Waals surface area contributed by atoms with E-state index in [1.54, 1.807) is 0 Å². The molecule has 16 heavy (non-hydrogen) atoms. The molecule has 1 amide bonds. The standard InChI is InChI=1S/C14H17NO/c1-5-12(6-2)15-14(16)13-10(3)8-7-9-11(13)4/h1,7-9,12H,6H2,2-4H3,(H,15,16). The van der Waals surface area contributed by atoms with E-state index in [9.17, 15) is 4.79 Å². The molecule has 0 saturated heterocycles. The first-order valence-electron chi connectivity index (χ1n) is 5.43. The Labute approximate surface area is 97.1 Å². The normalized spacial score (nSPS) is 11.6. The van der Waals surface area contributed by atoms with E-state index in [-0.39, 0.29) is 11.9 Å². The molecule has 84 valence electrons. The van der Waals surface area contributed by atoms with Gasteiger partial charge in [0.25, 0.3) is 5.91 Å². The van der Waals surface area contributed by atoms with E-state index in [0.717, 1.165) is 23.1 Å². The van der Waals surface area contributed by atoms with Gasteiger partial charge in [0.15, 0.2) is 0 Å². The molecule has 0 heterocycles. The highest BCUT2D eigenvalue weighted by Crippen LogP contribution is 2.13. The maximum Gasteiger partial charge on any atom is 0.252 e. The minimum absolute atomic E-state index is 0.0830. The monoisotopic (exact) mass is 215 g/mol. The van der Waals surface area contributed by atoms with Gasteiger partial charge in [-0.05, 0) is 31.4 Å². The van der Waals surface area contributed by atoms with Crippen molar-refractivity contribution in [3.05, 3.63) is 34.9 Å². The zero-order valence-corrected chi connectivity index (χ0v) is 10.0. The molecule has 2 heteroatoms. The first-order chi connectivity index (χ1) is 7.60. The van der Waals surface area contributed by atoms with Crippen LogP contribution in [0.25, 0.3) is 0 Å². The molecule has 1 rings (SSSR count). The van der Waals surface area contributed by atoms with Crippen LogP contribution in [0.4, 0.5) is 0 Å². The number of amides is 1. The molecule has 1 aromatic rings. The van der Waals surface area contributed by atoms with E-state index in [0.29, 0.717) is 0 Å². The quantitative estimate of drug-likeness (QED) is 0.771. The van der Waals surface area contributed by atoms with Gasteiger partial charge in [0.2, 0.25) is 0 Å². The van der Waals surface area contributed by atoms with Crippen LogP contribution >= 0.6 is 0 Å². The Morgan fingerprint density at radius 3 is 2.44 bits per heavy atom. The smallest absolute Gasteiger partial charge is 0.252 e. The average Bonchev–Trinajstić information content (AvgIpc) is 2.25. The van der Waals surface area contributed by atoms with Crippen LogP contribution in [0, 0.1) is 26.2 Å². The zero-order valence-electron chi connectivity index (χ0n) is 10.0. The second-order valence-electron chi connectivity index (χ2n) is 3.87. The molecule has 1 N–H and O–H groups in total. The highest BCUT2D eigenvalue weighted by atomic mass is 16.1. The van der Waals surface area contributed by atoms with E-state index in [1.807, 2.05) is 39.0 Å². The van der Waals surface area contributed by atoms with Crippen LogP contribution in [-0.2, 0) is 0 Å². The minimum Gasteiger partial charge on any atom is -0.338 e. The summed E-state index contributed by atoms with van der Waals surface area (Å²) in [5.74, 6) is 2.48. The first-order valence-corrected chi connectivity index (χ1v) is 5.43. The van der Waals surface area contributed by atoms with Gasteiger partial charge in [0.05, 0.1) is 6.04 Å². The van der Waals surface area contributed by atoms with Gasteiger partial charge >= 0.3 is 0 Å². The minimum atomic E-state index is -0.188. The molecule has 1 atom stereocenters. The summed E-state index contributed by atoms with van der Waals surface area (Å²) in [4.78, 5) is 12.0. The summed E-state index contributed by atoms with van der Waals surface area (Å²) in [6.45, 7) is 5.81. The highest BCUT2D eigenvalue weighted by Gasteiger charge is 2.14. The fourth-order valence-electron chi connectivity index (χ4n) is 1.66. The number of carbonyl (C=O) groups excluding carboxylic acids is 1. The molecule has 0 aliphatic rings. The van der Waals surface area contributed by atoms with Gasteiger partial charge in [-0.1, -0.05) is 31.0 Å². The van der Waals surface area contributed by atoms with Crippen molar-refractivity contribution < 1.29 is 4.79 Å². The predicted molar refractivity (Wildman–Crippen MR) is 66.3 cm³/mol. The lowest BCUT2D eigenvalue weighted by Crippen LogP contribution is -2.34. The number of rotatable bonds is 3. The summed E-state index contributed by atoms with van der Waals surface area (Å²) in [6, 6.07) is 5.61. The number of benzene rings is 1. The Bertz CT molecular complexity index is 409. The summed E-state index contributed by atoms with van der Waals surface area (Å²) in [6.07, 6.45) is 6.06. The van der Waals surface area contributed by atoms with Crippen molar-refractivity contribution >= 4 is 5.91 Å². The SMILES string of the molecule is C#CC(CC)NC(=O)c1c(C)cccc1C. The van der Waals surface area contributed by atoms with E-state index >= 15 is 0 Å². The molecule has 0 aliphatic heterocycles. The maximum absolute atomic E-state index is 12.0. The largest absolute Gasteiger partial charge is 0.338 e. The van der Waals surface area contributed by atoms with Crippen LogP contribution in [0.5, 0.6) is 0 Å². The van der Waals surface area contributed by atoms with Crippen LogP contribution in [0.2, 0.25) is 0 Å². The lowest BCUT2D eigenvalue weighted by Gasteiger charge is -2.13. The van der Waals surface area contributed by atoms with Gasteiger partial charge < -0.3 is 5.32 Å². The van der Waals surface area contributed by atoms with Crippen LogP contribution in [-0.4, -0.2) is 11.9 Å². The Kier molecular flexibility index (Phi) is 4.13. The Hall–Kier alpha value is -1.75. The van der Waals surface area contributed by atoms with Crippen LogP contribution in [0.15, 0.2) is 18.2 Å². The average molecular weight is 215 g/mol. The number of aryl methyl sites for hydroxylation is 2. The van der Waals surface area contributed by atoms with Crippen molar-refractivity contribution in [2.45, 2.75) is 33.2 Å². The van der Waals surface area contributed by atoms with Crippen molar-refractivity contribution in [2.24, 2.45) is 0 Å². The van der Waals surface area contributed by atoms with Gasteiger partial charge in [-0.25, -0.2) is 0 Å². The van der Waals surface area contributed by atoms with Crippen LogP contribution < -0.4 is 5.32 Å². The molecule has 0 fully saturated rings. The topological polar surface area (TPSA) is 29.1 Å². The number of hydrogen-bond acceptors (Lipinski definition) is 1. The third-order valence-corrected chi connectivity index (χ3v) is 2.62. The number of carbonyl (C=O) groups is 1. The molecule has 1 aromatic carbocycles. The Morgan fingerprint density at radius 1 is 1.44 bits per heavy atom. The van der Waals surface area contributed by atoms with E-state index in [4.69, 9.17) is 6.42 Å². The number of nitrogens with one attached hydrogen (secondary N) is 1. The molecule has 0 radical (unpaired) electrons. The van der Waals surface area contributed by atoms with Crippen LogP contribution in [0.1, 0.15) is 34.8 Å². The van der Waals surface area contributed by atoms with Gasteiger partial charge in [0, 0.05) is 5.56 Å². The molecule has 0 saturated carbocycles. The Morgan fingerprint density at radius 2 is 2.00 bits per heavy atom. The van der Waals surface area contributed by atoms with Crippen molar-refractivity contribution in [3.63, 3.8) is 0 Å². The van der Waals surface area contributed by atoms with E-state index in [2.05, 4.69) is 11.2 Å². The molecule has 0 aromatic heterocycles. The number of terminal acetylenes is 1. The second kappa shape index (κ2) is 5.37. The van der Waals surface area contributed by atoms with Crippen molar-refractivity contribution in [3.8, 4) is 12.3 Å². The van der Waals surface area contributed by atoms with Gasteiger partial charge in [-0.3, -0.25) is 4.79 Å². The van der Waals surface area contributed by atoms with Gasteiger partial charge in [-0.2, -0.15) is 0 Å². The fraction of sp³-hybridized carbons (Fsp3) is 0.357. The summed E-state index contributed by atoms with van der Waals surface area (Å²) < 4.78 is 0. The molecule has 1 unspecified atom stereocenters. The third kappa shape index (κ3) is 2.64. The van der Waals surface area contributed by atoms with E-state index < -0.39 is 0 Å². The fourth-order valence-corrected chi connectivity index (χ4v) is 1.66. The predicted octanol–water partition coefficient (Wildman–Crippen LogP) is 2.45. The summed E-state index contributed by atoms with van der Waals surface area (Å²) >= 11 is 0. The molecule has 0 spiro atoms. The maximum atomic E-state index is 12.0. The molecular formula is C14H17NO. The molecule has 2 nitrogen and oxygen atoms in total. The van der Waals surface area contributed by atoms with E-state index in [1.165, 1.54) is 0 Å². The summed E-state index contributed by atoms with van der Waals surface area (Å²) in [7, 11) is 0. The zero-order chi connectivity index (χ0) is 12.1. The molecule has 0 bridgehead atoms. The number of hydrogen-bond donors (Lipinski definition) is 1. The lowest BCUT2D eigenvalue weighted by atomic mass is 10.0. The molecular weight excluding hydrogens is 198 g/mol. The van der Waals surface area contributed by atoms with Gasteiger partial charge in [0.1, 0.15) is 0 Å². The second-order valence-corrected chi connectivity index (χ2v) is 3.87. The van der Waals surface area contributed by atoms with Crippen LogP contribution in [0.3, 0.4) is 0 Å². The molecule has 0 aliphatic carbocycles. The Balaban J connectivity index is 2.94. The lowest BCUT2D eigenvalue weighted by molar-refractivity contribution is 0.0944. The first kappa shape index (κ1) is 12.3. The third-order valence-electron chi connectivity index (χ3n) is 2.62. The van der Waals surface area contributed by atoms with Crippen molar-refractivity contribution in [2.75, 3.05) is 0 Å². The van der Waals surface area contributed by atoms with Crippen molar-refractivity contribution in [1.82, 2.24) is 5.32 Å².